The highest BCUT2D eigenvalue weighted by Gasteiger charge is 2.33. The van der Waals surface area contributed by atoms with Gasteiger partial charge in [0.1, 0.15) is 0 Å². The van der Waals surface area contributed by atoms with Gasteiger partial charge >= 0.3 is 0 Å². The van der Waals surface area contributed by atoms with Crippen LogP contribution in [0.25, 0.3) is 0 Å². The highest BCUT2D eigenvalue weighted by molar-refractivity contribution is 6.01. The van der Waals surface area contributed by atoms with Crippen LogP contribution in [0, 0.1) is 6.92 Å². The fourth-order valence-corrected chi connectivity index (χ4v) is 4.26. The SMILES string of the molecule is CCN(CC)CCCCCN1C(=O)C(c2cccc(C)c2)Cc2ccccc21. The van der Waals surface area contributed by atoms with Crippen molar-refractivity contribution in [2.24, 2.45) is 0 Å². The lowest BCUT2D eigenvalue weighted by molar-refractivity contribution is -0.120. The van der Waals surface area contributed by atoms with Crippen LogP contribution in [0.3, 0.4) is 0 Å². The topological polar surface area (TPSA) is 23.6 Å². The first-order valence-corrected chi connectivity index (χ1v) is 10.8. The maximum atomic E-state index is 13.4. The summed E-state index contributed by atoms with van der Waals surface area (Å²) < 4.78 is 0. The van der Waals surface area contributed by atoms with Crippen molar-refractivity contribution in [3.05, 3.63) is 65.2 Å². The minimum atomic E-state index is -0.0644. The highest BCUT2D eigenvalue weighted by atomic mass is 16.2. The minimum absolute atomic E-state index is 0.0644. The van der Waals surface area contributed by atoms with E-state index >= 15 is 0 Å². The molecular formula is C25H34N2O. The van der Waals surface area contributed by atoms with Gasteiger partial charge in [-0.25, -0.2) is 0 Å². The van der Waals surface area contributed by atoms with E-state index in [1.807, 2.05) is 11.0 Å². The van der Waals surface area contributed by atoms with Crippen molar-refractivity contribution in [1.82, 2.24) is 4.90 Å². The lowest BCUT2D eigenvalue weighted by Gasteiger charge is -2.34. The van der Waals surface area contributed by atoms with Gasteiger partial charge < -0.3 is 9.80 Å². The quantitative estimate of drug-likeness (QED) is 0.561. The molecule has 1 aliphatic rings. The molecule has 0 spiro atoms. The number of fused-ring (bicyclic) bond motifs is 1. The Balaban J connectivity index is 1.69. The number of nitrogens with zero attached hydrogens (tertiary/aromatic N) is 2. The second-order valence-electron chi connectivity index (χ2n) is 7.88. The molecule has 3 heteroatoms. The van der Waals surface area contributed by atoms with E-state index in [-0.39, 0.29) is 11.8 Å². The number of anilines is 1. The summed E-state index contributed by atoms with van der Waals surface area (Å²) in [4.78, 5) is 17.9. The number of para-hydroxylation sites is 1. The second-order valence-corrected chi connectivity index (χ2v) is 7.88. The van der Waals surface area contributed by atoms with Crippen LogP contribution in [0.4, 0.5) is 5.69 Å². The van der Waals surface area contributed by atoms with Crippen molar-refractivity contribution >= 4 is 11.6 Å². The zero-order valence-electron chi connectivity index (χ0n) is 17.7. The van der Waals surface area contributed by atoms with Crippen LogP contribution in [-0.2, 0) is 11.2 Å². The van der Waals surface area contributed by atoms with Crippen LogP contribution >= 0.6 is 0 Å². The van der Waals surface area contributed by atoms with Crippen molar-refractivity contribution in [3.8, 4) is 0 Å². The van der Waals surface area contributed by atoms with E-state index in [0.717, 1.165) is 56.7 Å². The van der Waals surface area contributed by atoms with Crippen LogP contribution < -0.4 is 4.90 Å². The highest BCUT2D eigenvalue weighted by Crippen LogP contribution is 2.35. The summed E-state index contributed by atoms with van der Waals surface area (Å²) in [5, 5.41) is 0. The van der Waals surface area contributed by atoms with Crippen molar-refractivity contribution in [1.29, 1.82) is 0 Å². The maximum absolute atomic E-state index is 13.4. The van der Waals surface area contributed by atoms with Crippen LogP contribution in [-0.4, -0.2) is 37.0 Å². The molecule has 0 saturated heterocycles. The van der Waals surface area contributed by atoms with Gasteiger partial charge in [0.25, 0.3) is 0 Å². The Bertz CT molecular complexity index is 782. The van der Waals surface area contributed by atoms with Gasteiger partial charge in [-0.05, 0) is 63.0 Å². The first kappa shape index (κ1) is 20.6. The van der Waals surface area contributed by atoms with Gasteiger partial charge in [-0.15, -0.1) is 0 Å². The van der Waals surface area contributed by atoms with Gasteiger partial charge in [0.05, 0.1) is 5.92 Å². The number of benzene rings is 2. The third-order valence-corrected chi connectivity index (χ3v) is 5.97. The number of rotatable bonds is 9. The zero-order valence-corrected chi connectivity index (χ0v) is 17.7. The van der Waals surface area contributed by atoms with Gasteiger partial charge in [0.15, 0.2) is 0 Å². The van der Waals surface area contributed by atoms with Gasteiger partial charge in [-0.1, -0.05) is 68.3 Å². The number of hydrogen-bond donors (Lipinski definition) is 0. The lowest BCUT2D eigenvalue weighted by atomic mass is 9.85. The molecule has 0 aromatic heterocycles. The summed E-state index contributed by atoms with van der Waals surface area (Å²) in [6.07, 6.45) is 4.23. The van der Waals surface area contributed by atoms with Crippen LogP contribution in [0.15, 0.2) is 48.5 Å². The normalized spacial score (nSPS) is 16.5. The summed E-state index contributed by atoms with van der Waals surface area (Å²) >= 11 is 0. The molecule has 150 valence electrons. The molecule has 3 nitrogen and oxygen atoms in total. The van der Waals surface area contributed by atoms with Crippen molar-refractivity contribution in [3.63, 3.8) is 0 Å². The van der Waals surface area contributed by atoms with Crippen molar-refractivity contribution in [2.45, 2.75) is 52.4 Å². The molecule has 1 heterocycles. The van der Waals surface area contributed by atoms with E-state index in [9.17, 15) is 4.79 Å². The third-order valence-electron chi connectivity index (χ3n) is 5.97. The number of unbranched alkanes of at least 4 members (excludes halogenated alkanes) is 2. The van der Waals surface area contributed by atoms with E-state index in [4.69, 9.17) is 0 Å². The zero-order chi connectivity index (χ0) is 19.9. The molecule has 0 radical (unpaired) electrons. The lowest BCUT2D eigenvalue weighted by Crippen LogP contribution is -2.40. The first-order chi connectivity index (χ1) is 13.6. The maximum Gasteiger partial charge on any atom is 0.234 e. The standard InChI is InChI=1S/C25H34N2O/c1-4-26(5-2)16-9-6-10-17-27-24-15-8-7-13-22(24)19-23(25(27)28)21-14-11-12-20(3)18-21/h7-8,11-15,18,23H,4-6,9-10,16-17,19H2,1-3H3. The molecule has 1 aliphatic heterocycles. The Morgan fingerprint density at radius 3 is 2.54 bits per heavy atom. The average molecular weight is 379 g/mol. The van der Waals surface area contributed by atoms with Crippen LogP contribution in [0.2, 0.25) is 0 Å². The van der Waals surface area contributed by atoms with Gasteiger partial charge in [0, 0.05) is 12.2 Å². The third kappa shape index (κ3) is 4.82. The summed E-state index contributed by atoms with van der Waals surface area (Å²) in [6.45, 7) is 10.7. The second kappa shape index (κ2) is 9.88. The number of carbonyl (C=O) groups excluding carboxylic acids is 1. The molecule has 1 unspecified atom stereocenters. The summed E-state index contributed by atoms with van der Waals surface area (Å²) in [6, 6.07) is 16.9. The van der Waals surface area contributed by atoms with Gasteiger partial charge in [-0.2, -0.15) is 0 Å². The molecule has 0 bridgehead atoms. The fraction of sp³-hybridized carbons (Fsp3) is 0.480. The Kier molecular flexibility index (Phi) is 7.27. The average Bonchev–Trinajstić information content (AvgIpc) is 2.71. The monoisotopic (exact) mass is 378 g/mol. The van der Waals surface area contributed by atoms with Crippen molar-refractivity contribution < 1.29 is 4.79 Å². The Labute approximate surface area is 170 Å². The number of carbonyl (C=O) groups is 1. The van der Waals surface area contributed by atoms with Crippen LogP contribution in [0.1, 0.15) is 55.7 Å². The molecule has 1 atom stereocenters. The van der Waals surface area contributed by atoms with E-state index in [2.05, 4.69) is 68.1 Å². The van der Waals surface area contributed by atoms with E-state index < -0.39 is 0 Å². The molecule has 0 aliphatic carbocycles. The molecule has 2 aromatic carbocycles. The minimum Gasteiger partial charge on any atom is -0.312 e. The predicted molar refractivity (Wildman–Crippen MR) is 118 cm³/mol. The molecule has 28 heavy (non-hydrogen) atoms. The molecular weight excluding hydrogens is 344 g/mol. The first-order valence-electron chi connectivity index (χ1n) is 10.8. The summed E-state index contributed by atoms with van der Waals surface area (Å²) in [7, 11) is 0. The number of amides is 1. The van der Waals surface area contributed by atoms with Crippen LogP contribution in [0.5, 0.6) is 0 Å². The molecule has 2 aromatic rings. The summed E-state index contributed by atoms with van der Waals surface area (Å²) in [5.41, 5.74) is 4.76. The Hall–Kier alpha value is -2.13. The molecule has 0 N–H and O–H groups in total. The van der Waals surface area contributed by atoms with E-state index in [0.29, 0.717) is 0 Å². The van der Waals surface area contributed by atoms with E-state index in [1.54, 1.807) is 0 Å². The Morgan fingerprint density at radius 1 is 1.00 bits per heavy atom. The number of aryl methyl sites for hydroxylation is 1. The smallest absolute Gasteiger partial charge is 0.234 e. The van der Waals surface area contributed by atoms with Gasteiger partial charge in [-0.3, -0.25) is 4.79 Å². The van der Waals surface area contributed by atoms with E-state index in [1.165, 1.54) is 17.5 Å². The molecule has 3 rings (SSSR count). The molecule has 0 fully saturated rings. The predicted octanol–water partition coefficient (Wildman–Crippen LogP) is 5.18. The molecule has 0 saturated carbocycles. The largest absolute Gasteiger partial charge is 0.312 e. The molecule has 1 amide bonds. The fourth-order valence-electron chi connectivity index (χ4n) is 4.26. The van der Waals surface area contributed by atoms with Gasteiger partial charge in [0.2, 0.25) is 5.91 Å². The Morgan fingerprint density at radius 2 is 1.79 bits per heavy atom. The van der Waals surface area contributed by atoms with Crippen molar-refractivity contribution in [2.75, 3.05) is 31.1 Å². The summed E-state index contributed by atoms with van der Waals surface area (Å²) in [5.74, 6) is 0.193. The number of hydrogen-bond acceptors (Lipinski definition) is 2.